The molecule has 2 bridgehead atoms. The third-order valence-corrected chi connectivity index (χ3v) is 7.60. The van der Waals surface area contributed by atoms with Crippen molar-refractivity contribution < 1.29 is 19.5 Å². The topological polar surface area (TPSA) is 131 Å². The van der Waals surface area contributed by atoms with E-state index in [1.54, 1.807) is 17.0 Å². The van der Waals surface area contributed by atoms with Gasteiger partial charge in [-0.15, -0.1) is 0 Å². The van der Waals surface area contributed by atoms with Gasteiger partial charge in [-0.3, -0.25) is 14.5 Å². The van der Waals surface area contributed by atoms with Crippen LogP contribution in [0.1, 0.15) is 48.1 Å². The molecule has 7 atom stereocenters. The fraction of sp³-hybridized carbons (Fsp3) is 0.565. The number of aromatic carboxylic acids is 1. The lowest BCUT2D eigenvalue weighted by Gasteiger charge is -2.38. The Morgan fingerprint density at radius 2 is 2.09 bits per heavy atom. The van der Waals surface area contributed by atoms with E-state index in [1.807, 2.05) is 22.8 Å². The third kappa shape index (κ3) is 3.26. The Balaban J connectivity index is 1.24. The van der Waals surface area contributed by atoms with Crippen molar-refractivity contribution in [1.82, 2.24) is 14.7 Å². The average molecular weight is 438 g/mol. The van der Waals surface area contributed by atoms with Gasteiger partial charge in [0.2, 0.25) is 11.8 Å². The lowest BCUT2D eigenvalue weighted by molar-refractivity contribution is -0.141. The van der Waals surface area contributed by atoms with Crippen LogP contribution >= 0.6 is 0 Å². The number of nitrogens with two attached hydrogens (primary N) is 1. The molecule has 3 saturated heterocycles. The van der Waals surface area contributed by atoms with E-state index in [9.17, 15) is 24.8 Å². The summed E-state index contributed by atoms with van der Waals surface area (Å²) < 4.78 is 0. The molecule has 0 spiro atoms. The zero-order chi connectivity index (χ0) is 22.7. The van der Waals surface area contributed by atoms with E-state index in [2.05, 4.69) is 6.07 Å². The minimum Gasteiger partial charge on any atom is -0.478 e. The standard InChI is InChI=1S/C23H27N5O4/c1-12(13-3-2-4-14(5-13)23(31)32)27-17-8-20(22(27)30)26(10-17)11-18(25)21(29)28-16(9-24)6-15-7-19(15)28/h2-5,12,15-20H,6-8,10-11,25H2,1H3,(H,31,32)/t12?,15-,16?,17?,18?,19+,20+/m1/s1. The molecular formula is C23H27N5O4. The number of carboxylic acids is 1. The maximum absolute atomic E-state index is 13.2. The summed E-state index contributed by atoms with van der Waals surface area (Å²) in [5.74, 6) is -0.748. The van der Waals surface area contributed by atoms with Gasteiger partial charge in [0.05, 0.1) is 29.8 Å². The second-order valence-corrected chi connectivity index (χ2v) is 9.51. The molecule has 2 amide bonds. The summed E-state index contributed by atoms with van der Waals surface area (Å²) >= 11 is 0. The molecule has 3 N–H and O–H groups in total. The number of carbonyl (C=O) groups is 3. The minimum absolute atomic E-state index is 0.00439. The van der Waals surface area contributed by atoms with Crippen LogP contribution in [0, 0.1) is 17.2 Å². The normalized spacial score (nSPS) is 32.5. The molecule has 4 unspecified atom stereocenters. The number of hydrogen-bond acceptors (Lipinski definition) is 6. The molecule has 4 fully saturated rings. The van der Waals surface area contributed by atoms with Gasteiger partial charge in [-0.2, -0.15) is 5.26 Å². The molecule has 3 heterocycles. The Kier molecular flexibility index (Phi) is 4.95. The van der Waals surface area contributed by atoms with Crippen LogP contribution in [0.4, 0.5) is 0 Å². The van der Waals surface area contributed by atoms with Gasteiger partial charge >= 0.3 is 5.97 Å². The van der Waals surface area contributed by atoms with E-state index in [0.29, 0.717) is 25.4 Å². The Morgan fingerprint density at radius 1 is 1.31 bits per heavy atom. The molecule has 0 radical (unpaired) electrons. The molecule has 5 rings (SSSR count). The first-order valence-electron chi connectivity index (χ1n) is 11.2. The zero-order valence-electron chi connectivity index (χ0n) is 17.9. The number of hydrogen-bond donors (Lipinski definition) is 2. The van der Waals surface area contributed by atoms with E-state index in [-0.39, 0.29) is 47.6 Å². The molecule has 1 aliphatic carbocycles. The zero-order valence-corrected chi connectivity index (χ0v) is 17.9. The highest BCUT2D eigenvalue weighted by Crippen LogP contribution is 2.48. The smallest absolute Gasteiger partial charge is 0.335 e. The first kappa shape index (κ1) is 20.9. The van der Waals surface area contributed by atoms with Crippen molar-refractivity contribution in [2.75, 3.05) is 13.1 Å². The van der Waals surface area contributed by atoms with Crippen LogP contribution in [-0.4, -0.2) is 80.9 Å². The summed E-state index contributed by atoms with van der Waals surface area (Å²) in [4.78, 5) is 42.9. The van der Waals surface area contributed by atoms with Gasteiger partial charge in [0.25, 0.3) is 0 Å². The van der Waals surface area contributed by atoms with Crippen molar-refractivity contribution in [2.45, 2.75) is 62.4 Å². The molecule has 32 heavy (non-hydrogen) atoms. The lowest BCUT2D eigenvalue weighted by Crippen LogP contribution is -2.57. The van der Waals surface area contributed by atoms with Crippen molar-refractivity contribution in [3.63, 3.8) is 0 Å². The first-order valence-corrected chi connectivity index (χ1v) is 11.2. The number of rotatable bonds is 6. The molecule has 9 nitrogen and oxygen atoms in total. The first-order chi connectivity index (χ1) is 15.3. The number of nitrogens with zero attached hydrogens (tertiary/aromatic N) is 4. The van der Waals surface area contributed by atoms with Gasteiger partial charge in [0, 0.05) is 25.2 Å². The fourth-order valence-electron chi connectivity index (χ4n) is 5.90. The summed E-state index contributed by atoms with van der Waals surface area (Å²) in [6, 6.07) is 7.39. The minimum atomic E-state index is -0.993. The number of benzene rings is 1. The number of piperazine rings is 1. The molecule has 1 aromatic carbocycles. The lowest BCUT2D eigenvalue weighted by atomic mass is 10.0. The highest BCUT2D eigenvalue weighted by Gasteiger charge is 2.56. The SMILES string of the molecule is CC(c1cccc(C(=O)O)c1)N1C(=O)[C@@H]2CC1CN2CC(N)C(=O)N1C(C#N)C[C@@H]2C[C@@H]21. The van der Waals surface area contributed by atoms with E-state index in [1.165, 1.54) is 6.07 Å². The summed E-state index contributed by atoms with van der Waals surface area (Å²) in [5.41, 5.74) is 7.25. The Bertz CT molecular complexity index is 1020. The quantitative estimate of drug-likeness (QED) is 0.665. The summed E-state index contributed by atoms with van der Waals surface area (Å²) in [5, 5.41) is 18.6. The van der Waals surface area contributed by atoms with Crippen molar-refractivity contribution in [3.8, 4) is 6.07 Å². The van der Waals surface area contributed by atoms with Gasteiger partial charge in [-0.05, 0) is 49.8 Å². The van der Waals surface area contributed by atoms with Gasteiger partial charge < -0.3 is 20.6 Å². The number of carbonyl (C=O) groups excluding carboxylic acids is 2. The third-order valence-electron chi connectivity index (χ3n) is 7.60. The van der Waals surface area contributed by atoms with Crippen molar-refractivity contribution in [2.24, 2.45) is 11.7 Å². The van der Waals surface area contributed by atoms with Crippen LogP contribution in [0.5, 0.6) is 0 Å². The number of piperidine rings is 1. The monoisotopic (exact) mass is 437 g/mol. The number of carboxylic acid groups (broad SMARTS) is 1. The van der Waals surface area contributed by atoms with Gasteiger partial charge in [-0.25, -0.2) is 4.79 Å². The van der Waals surface area contributed by atoms with E-state index in [0.717, 1.165) is 18.4 Å². The number of likely N-dealkylation sites (tertiary alicyclic amines) is 3. The predicted molar refractivity (Wildman–Crippen MR) is 113 cm³/mol. The second kappa shape index (κ2) is 7.57. The summed E-state index contributed by atoms with van der Waals surface area (Å²) in [6.07, 6.45) is 2.37. The highest BCUT2D eigenvalue weighted by atomic mass is 16.4. The number of fused-ring (bicyclic) bond motifs is 3. The summed E-state index contributed by atoms with van der Waals surface area (Å²) in [7, 11) is 0. The van der Waals surface area contributed by atoms with E-state index < -0.39 is 12.0 Å². The molecule has 9 heteroatoms. The van der Waals surface area contributed by atoms with Crippen molar-refractivity contribution in [3.05, 3.63) is 35.4 Å². The second-order valence-electron chi connectivity index (χ2n) is 9.51. The number of amides is 2. The van der Waals surface area contributed by atoms with Gasteiger partial charge in [0.15, 0.2) is 0 Å². The van der Waals surface area contributed by atoms with Crippen molar-refractivity contribution >= 4 is 17.8 Å². The average Bonchev–Trinajstić information content (AvgIpc) is 3.11. The Hall–Kier alpha value is -2.96. The van der Waals surface area contributed by atoms with Crippen LogP contribution in [0.25, 0.3) is 0 Å². The van der Waals surface area contributed by atoms with Crippen LogP contribution in [0.3, 0.4) is 0 Å². The largest absolute Gasteiger partial charge is 0.478 e. The number of nitriles is 1. The molecule has 1 saturated carbocycles. The molecule has 168 valence electrons. The Morgan fingerprint density at radius 3 is 2.78 bits per heavy atom. The van der Waals surface area contributed by atoms with Crippen LogP contribution in [0.2, 0.25) is 0 Å². The fourth-order valence-corrected chi connectivity index (χ4v) is 5.90. The summed E-state index contributed by atoms with van der Waals surface area (Å²) in [6.45, 7) is 2.85. The molecule has 4 aliphatic rings. The van der Waals surface area contributed by atoms with Crippen molar-refractivity contribution in [1.29, 1.82) is 5.26 Å². The highest BCUT2D eigenvalue weighted by molar-refractivity contribution is 5.89. The van der Waals surface area contributed by atoms with Crippen LogP contribution < -0.4 is 5.73 Å². The molecule has 1 aromatic rings. The van der Waals surface area contributed by atoms with Crippen LogP contribution in [0.15, 0.2) is 24.3 Å². The molecule has 0 aromatic heterocycles. The predicted octanol–water partition coefficient (Wildman–Crippen LogP) is 0.571. The maximum atomic E-state index is 13.2. The maximum Gasteiger partial charge on any atom is 0.335 e. The van der Waals surface area contributed by atoms with Crippen LogP contribution in [-0.2, 0) is 9.59 Å². The van der Waals surface area contributed by atoms with Gasteiger partial charge in [0.1, 0.15) is 6.04 Å². The van der Waals surface area contributed by atoms with E-state index >= 15 is 0 Å². The Labute approximate surface area is 186 Å². The molecular weight excluding hydrogens is 410 g/mol. The van der Waals surface area contributed by atoms with E-state index in [4.69, 9.17) is 5.73 Å². The van der Waals surface area contributed by atoms with Gasteiger partial charge in [-0.1, -0.05) is 12.1 Å². The molecule has 3 aliphatic heterocycles.